The Hall–Kier alpha value is -2.67. The highest BCUT2D eigenvalue weighted by atomic mass is 35.5. The lowest BCUT2D eigenvalue weighted by Crippen LogP contribution is -2.29. The molecule has 34 heavy (non-hydrogen) atoms. The zero-order valence-electron chi connectivity index (χ0n) is 20.5. The van der Waals surface area contributed by atoms with Gasteiger partial charge in [-0.1, -0.05) is 80.1 Å². The van der Waals surface area contributed by atoms with E-state index in [-0.39, 0.29) is 13.0 Å². The maximum absolute atomic E-state index is 11.3. The molecule has 1 aromatic carbocycles. The Bertz CT molecular complexity index is 994. The van der Waals surface area contributed by atoms with Gasteiger partial charge in [-0.25, -0.2) is 4.99 Å². The Morgan fingerprint density at radius 2 is 2.03 bits per heavy atom. The molecule has 0 saturated carbocycles. The summed E-state index contributed by atoms with van der Waals surface area (Å²) in [6, 6.07) is 7.44. The van der Waals surface area contributed by atoms with Crippen molar-refractivity contribution in [3.05, 3.63) is 82.7 Å². The molecule has 1 fully saturated rings. The van der Waals surface area contributed by atoms with Crippen molar-refractivity contribution in [3.63, 3.8) is 0 Å². The van der Waals surface area contributed by atoms with E-state index in [2.05, 4.69) is 16.7 Å². The number of benzene rings is 1. The van der Waals surface area contributed by atoms with Crippen LogP contribution in [0.25, 0.3) is 0 Å². The van der Waals surface area contributed by atoms with Crippen molar-refractivity contribution in [2.24, 2.45) is 10.1 Å². The third-order valence-electron chi connectivity index (χ3n) is 4.62. The molecule has 0 aromatic heterocycles. The number of likely N-dealkylation sites (tertiary alicyclic amines) is 1. The monoisotopic (exact) mass is 504 g/mol. The second kappa shape index (κ2) is 14.6. The van der Waals surface area contributed by atoms with Gasteiger partial charge in [-0.2, -0.15) is 5.10 Å². The number of nitrogens with zero attached hydrogens (tertiary/aromatic N) is 4. The quantitative estimate of drug-likeness (QED) is 0.190. The summed E-state index contributed by atoms with van der Waals surface area (Å²) in [5.41, 5.74) is 0.474. The molecule has 0 bridgehead atoms. The average molecular weight is 505 g/mol. The number of carbonyl (C=O) groups is 1. The van der Waals surface area contributed by atoms with Gasteiger partial charge >= 0.3 is 0 Å². The normalized spacial score (nSPS) is 20.1. The molecule has 184 valence electrons. The number of amidine groups is 1. The van der Waals surface area contributed by atoms with Gasteiger partial charge in [0.25, 0.3) is 0 Å². The second-order valence-corrected chi connectivity index (χ2v) is 8.43. The minimum atomic E-state index is -1.02. The SMILES string of the molecule is C=C(/N=C1/CC(C)(O)CN1C=O)N(C)/N=C(\C/C=C/C=C(Cl)\C=C/C)c1ccccc1Cl.CC. The van der Waals surface area contributed by atoms with Gasteiger partial charge in [0.05, 0.1) is 17.9 Å². The van der Waals surface area contributed by atoms with Gasteiger partial charge < -0.3 is 5.11 Å². The first-order valence-corrected chi connectivity index (χ1v) is 11.8. The first kappa shape index (κ1) is 29.4. The zero-order chi connectivity index (χ0) is 25.7. The summed E-state index contributed by atoms with van der Waals surface area (Å²) < 4.78 is 0. The van der Waals surface area contributed by atoms with E-state index in [0.717, 1.165) is 5.56 Å². The van der Waals surface area contributed by atoms with E-state index in [0.29, 0.717) is 40.3 Å². The van der Waals surface area contributed by atoms with Gasteiger partial charge in [-0.15, -0.1) is 0 Å². The molecule has 0 spiro atoms. The highest BCUT2D eigenvalue weighted by molar-refractivity contribution is 6.34. The standard InChI is InChI=1S/C24H28Cl2N4O2.C2H6/c1-5-10-19(25)11-6-9-14-22(20-12-7-8-13-21(20)26)28-29(4)18(2)27-23-15-24(3,32)16-30(23)17-31;1-2/h5-13,17,32H,2,14-16H2,1,3-4H3;1-2H3/b9-6+,10-5-,19-11+,27-23-,28-22+;. The van der Waals surface area contributed by atoms with E-state index in [4.69, 9.17) is 23.2 Å². The third kappa shape index (κ3) is 9.29. The zero-order valence-corrected chi connectivity index (χ0v) is 22.0. The number of aliphatic hydroxyl groups is 1. The predicted molar refractivity (Wildman–Crippen MR) is 144 cm³/mol. The van der Waals surface area contributed by atoms with Crippen LogP contribution in [0.4, 0.5) is 0 Å². The molecule has 0 radical (unpaired) electrons. The lowest BCUT2D eigenvalue weighted by molar-refractivity contribution is -0.115. The predicted octanol–water partition coefficient (Wildman–Crippen LogP) is 6.13. The van der Waals surface area contributed by atoms with Crippen molar-refractivity contribution in [1.82, 2.24) is 9.91 Å². The van der Waals surface area contributed by atoms with Gasteiger partial charge in [-0.05, 0) is 32.1 Å². The van der Waals surface area contributed by atoms with Crippen molar-refractivity contribution in [2.75, 3.05) is 13.6 Å². The molecule has 1 heterocycles. The van der Waals surface area contributed by atoms with Crippen molar-refractivity contribution in [2.45, 2.75) is 46.1 Å². The molecular weight excluding hydrogens is 471 g/mol. The lowest BCUT2D eigenvalue weighted by Gasteiger charge is -2.17. The highest BCUT2D eigenvalue weighted by Gasteiger charge is 2.36. The Labute approximate surface area is 213 Å². The Kier molecular flexibility index (Phi) is 12.6. The van der Waals surface area contributed by atoms with Crippen LogP contribution in [-0.2, 0) is 4.79 Å². The average Bonchev–Trinajstić information content (AvgIpc) is 3.10. The summed E-state index contributed by atoms with van der Waals surface area (Å²) in [6.07, 6.45) is 10.6. The van der Waals surface area contributed by atoms with E-state index < -0.39 is 5.60 Å². The summed E-state index contributed by atoms with van der Waals surface area (Å²) in [4.78, 5) is 17.1. The van der Waals surface area contributed by atoms with E-state index >= 15 is 0 Å². The number of amides is 1. The number of rotatable bonds is 9. The number of hydrogen-bond acceptors (Lipinski definition) is 5. The molecule has 1 aromatic rings. The van der Waals surface area contributed by atoms with Crippen LogP contribution in [0.5, 0.6) is 0 Å². The molecule has 8 heteroatoms. The fourth-order valence-corrected chi connectivity index (χ4v) is 3.52. The Morgan fingerprint density at radius 1 is 1.35 bits per heavy atom. The van der Waals surface area contributed by atoms with Crippen LogP contribution in [-0.4, -0.2) is 52.2 Å². The van der Waals surface area contributed by atoms with Gasteiger partial charge in [0, 0.05) is 35.5 Å². The molecule has 1 saturated heterocycles. The van der Waals surface area contributed by atoms with Crippen molar-refractivity contribution >= 4 is 41.2 Å². The van der Waals surface area contributed by atoms with E-state index in [1.807, 2.05) is 57.2 Å². The van der Waals surface area contributed by atoms with Crippen molar-refractivity contribution in [1.29, 1.82) is 0 Å². The van der Waals surface area contributed by atoms with Gasteiger partial charge in [0.1, 0.15) is 11.7 Å². The molecule has 1 N–H and O–H groups in total. The fraction of sp³-hybridized carbons (Fsp3) is 0.346. The number of carbonyl (C=O) groups excluding carboxylic acids is 1. The topological polar surface area (TPSA) is 68.5 Å². The number of halogens is 2. The summed E-state index contributed by atoms with van der Waals surface area (Å²) >= 11 is 12.5. The number of aliphatic imine (C=N–C) groups is 1. The molecule has 1 aliphatic heterocycles. The summed E-state index contributed by atoms with van der Waals surface area (Å²) in [5.74, 6) is 0.772. The van der Waals surface area contributed by atoms with Crippen LogP contribution in [0.15, 0.2) is 82.2 Å². The van der Waals surface area contributed by atoms with Crippen molar-refractivity contribution < 1.29 is 9.90 Å². The summed E-state index contributed by atoms with van der Waals surface area (Å²) in [6.45, 7) is 11.7. The van der Waals surface area contributed by atoms with E-state index in [9.17, 15) is 9.90 Å². The van der Waals surface area contributed by atoms with Crippen LogP contribution < -0.4 is 0 Å². The lowest BCUT2D eigenvalue weighted by atomic mass is 10.1. The minimum Gasteiger partial charge on any atom is -0.388 e. The Morgan fingerprint density at radius 3 is 2.65 bits per heavy atom. The fourth-order valence-electron chi connectivity index (χ4n) is 3.07. The number of allylic oxidation sites excluding steroid dienone is 6. The molecule has 1 aliphatic rings. The molecule has 1 unspecified atom stereocenters. The third-order valence-corrected chi connectivity index (χ3v) is 5.21. The molecule has 1 amide bonds. The number of hydrogen-bond donors (Lipinski definition) is 1. The van der Waals surface area contributed by atoms with Crippen LogP contribution in [0, 0.1) is 0 Å². The first-order chi connectivity index (χ1) is 16.2. The van der Waals surface area contributed by atoms with Gasteiger partial charge in [0.2, 0.25) is 6.41 Å². The smallest absolute Gasteiger partial charge is 0.215 e. The van der Waals surface area contributed by atoms with Gasteiger partial charge in [0.15, 0.2) is 0 Å². The van der Waals surface area contributed by atoms with Crippen molar-refractivity contribution in [3.8, 4) is 0 Å². The van der Waals surface area contributed by atoms with Crippen LogP contribution >= 0.6 is 23.2 Å². The van der Waals surface area contributed by atoms with E-state index in [1.165, 1.54) is 9.91 Å². The van der Waals surface area contributed by atoms with Gasteiger partial charge in [-0.3, -0.25) is 14.7 Å². The molecule has 2 rings (SSSR count). The summed E-state index contributed by atoms with van der Waals surface area (Å²) in [7, 11) is 1.72. The number of hydrazone groups is 1. The largest absolute Gasteiger partial charge is 0.388 e. The molecule has 1 atom stereocenters. The molecule has 0 aliphatic carbocycles. The Balaban J connectivity index is 0.00000281. The highest BCUT2D eigenvalue weighted by Crippen LogP contribution is 2.23. The van der Waals surface area contributed by atoms with Crippen LogP contribution in [0.2, 0.25) is 5.02 Å². The van der Waals surface area contributed by atoms with Crippen LogP contribution in [0.3, 0.4) is 0 Å². The van der Waals surface area contributed by atoms with E-state index in [1.54, 1.807) is 32.2 Å². The maximum Gasteiger partial charge on any atom is 0.215 e. The summed E-state index contributed by atoms with van der Waals surface area (Å²) in [5, 5.41) is 17.6. The first-order valence-electron chi connectivity index (χ1n) is 11.1. The minimum absolute atomic E-state index is 0.189. The van der Waals surface area contributed by atoms with Crippen LogP contribution in [0.1, 0.15) is 46.1 Å². The maximum atomic E-state index is 11.3. The molecule has 6 nitrogen and oxygen atoms in total. The number of β-amino-alcohol motifs (C(OH)–C–C–N with tert-alkyl or cyclic N) is 1. The molecular formula is C26H34Cl2N4O2. The second-order valence-electron chi connectivity index (χ2n) is 7.59.